The molecule has 4 rings (SSSR count). The van der Waals surface area contributed by atoms with Gasteiger partial charge in [-0.25, -0.2) is 0 Å². The Bertz CT molecular complexity index is 856. The number of benzene rings is 2. The Hall–Kier alpha value is -1.42. The van der Waals surface area contributed by atoms with Crippen LogP contribution in [0.3, 0.4) is 0 Å². The second kappa shape index (κ2) is 6.60. The maximum atomic E-state index is 2.37. The maximum absolute atomic E-state index is 2.37. The molecule has 0 aliphatic carbocycles. The molecule has 2 aromatic rings. The van der Waals surface area contributed by atoms with Crippen molar-refractivity contribution in [1.29, 1.82) is 0 Å². The van der Waals surface area contributed by atoms with Crippen molar-refractivity contribution in [2.45, 2.75) is 6.92 Å². The van der Waals surface area contributed by atoms with Gasteiger partial charge < -0.3 is 0 Å². The van der Waals surface area contributed by atoms with Gasteiger partial charge in [-0.2, -0.15) is 0 Å². The summed E-state index contributed by atoms with van der Waals surface area (Å²) in [5, 5.41) is 0. The van der Waals surface area contributed by atoms with Crippen LogP contribution in [-0.2, 0) is 0 Å². The molecule has 1 unspecified atom stereocenters. The molecule has 2 aliphatic rings. The quantitative estimate of drug-likeness (QED) is 0.441. The van der Waals surface area contributed by atoms with E-state index < -0.39 is 0 Å². The normalized spacial score (nSPS) is 20.3. The van der Waals surface area contributed by atoms with Crippen LogP contribution in [0.4, 0.5) is 0 Å². The van der Waals surface area contributed by atoms with Crippen LogP contribution in [0.1, 0.15) is 18.1 Å². The molecule has 0 amide bonds. The second-order valence-corrected chi connectivity index (χ2v) is 11.2. The fourth-order valence-corrected chi connectivity index (χ4v) is 9.24. The molecule has 0 bridgehead atoms. The zero-order valence-corrected chi connectivity index (χ0v) is 15.2. The molecule has 2 heterocycles. The van der Waals surface area contributed by atoms with Gasteiger partial charge in [0.25, 0.3) is 0 Å². The van der Waals surface area contributed by atoms with Gasteiger partial charge in [-0.05, 0) is 35.8 Å². The zero-order valence-electron chi connectivity index (χ0n) is 12.7. The summed E-state index contributed by atoms with van der Waals surface area (Å²) < 4.78 is 0. The van der Waals surface area contributed by atoms with Gasteiger partial charge in [-0.3, -0.25) is 0 Å². The van der Waals surface area contributed by atoms with Gasteiger partial charge in [0.15, 0.2) is 0 Å². The third kappa shape index (κ3) is 3.27. The second-order valence-electron chi connectivity index (χ2n) is 5.42. The lowest BCUT2D eigenvalue weighted by Crippen LogP contribution is -1.84. The highest BCUT2D eigenvalue weighted by Gasteiger charge is 2.23. The van der Waals surface area contributed by atoms with E-state index in [4.69, 9.17) is 0 Å². The lowest BCUT2D eigenvalue weighted by atomic mass is 10.1. The molecule has 114 valence electrons. The summed E-state index contributed by atoms with van der Waals surface area (Å²) in [6.45, 7) is 2.21. The van der Waals surface area contributed by atoms with Crippen molar-refractivity contribution in [3.05, 3.63) is 94.4 Å². The van der Waals surface area contributed by atoms with Gasteiger partial charge in [0.1, 0.15) is 0 Å². The summed E-state index contributed by atoms with van der Waals surface area (Å²) in [6, 6.07) is 21.2. The van der Waals surface area contributed by atoms with E-state index in [-0.39, 0.29) is 8.55 Å². The highest BCUT2D eigenvalue weighted by Crippen LogP contribution is 2.62. The Morgan fingerprint density at radius 2 is 1.57 bits per heavy atom. The van der Waals surface area contributed by atoms with Crippen LogP contribution in [0.2, 0.25) is 0 Å². The van der Waals surface area contributed by atoms with E-state index in [1.54, 1.807) is 0 Å². The highest BCUT2D eigenvalue weighted by molar-refractivity contribution is 9.18. The van der Waals surface area contributed by atoms with Crippen molar-refractivity contribution in [1.82, 2.24) is 0 Å². The van der Waals surface area contributed by atoms with Crippen molar-refractivity contribution >= 4 is 46.0 Å². The third-order valence-electron chi connectivity index (χ3n) is 3.70. The molecular weight excluding hydrogens is 336 g/mol. The highest BCUT2D eigenvalue weighted by atomic mass is 33.5. The van der Waals surface area contributed by atoms with Gasteiger partial charge in [-0.15, -0.1) is 0 Å². The minimum absolute atomic E-state index is 0.217. The average Bonchev–Trinajstić information content (AvgIpc) is 3.15. The van der Waals surface area contributed by atoms with Crippen LogP contribution in [0, 0.1) is 0 Å². The van der Waals surface area contributed by atoms with Gasteiger partial charge in [-0.1, -0.05) is 96.9 Å². The first-order valence-corrected chi connectivity index (χ1v) is 11.4. The summed E-state index contributed by atoms with van der Waals surface area (Å²) >= 11 is 0. The van der Waals surface area contributed by atoms with E-state index in [2.05, 4.69) is 85.8 Å². The monoisotopic (exact) mass is 352 g/mol. The molecule has 3 heteroatoms. The lowest BCUT2D eigenvalue weighted by Gasteiger charge is -2.07. The molecule has 0 spiro atoms. The molecule has 0 fully saturated rings. The summed E-state index contributed by atoms with van der Waals surface area (Å²) in [5.74, 6) is 0. The van der Waals surface area contributed by atoms with Crippen molar-refractivity contribution in [3.63, 3.8) is 0 Å². The molecule has 0 aromatic heterocycles. The zero-order chi connectivity index (χ0) is 15.6. The Labute approximate surface area is 147 Å². The molecular formula is C20H16S3. The standard InChI is InChI=1S/C20H16S3/c1-15(12-16-8-4-2-5-9-16)19-13-18-14-20(22-23(18)21-19)17-10-6-3-7-11-17/h2-14H,1H3/b15-12+. The number of rotatable bonds is 3. The summed E-state index contributed by atoms with van der Waals surface area (Å²) in [4.78, 5) is 4.27. The van der Waals surface area contributed by atoms with Crippen LogP contribution < -0.4 is 0 Å². The molecule has 2 aromatic carbocycles. The minimum Gasteiger partial charge on any atom is -0.0622 e. The van der Waals surface area contributed by atoms with Crippen molar-refractivity contribution < 1.29 is 0 Å². The number of hydrogen-bond acceptors (Lipinski definition) is 2. The van der Waals surface area contributed by atoms with E-state index >= 15 is 0 Å². The van der Waals surface area contributed by atoms with E-state index in [1.165, 1.54) is 31.4 Å². The van der Waals surface area contributed by atoms with Crippen molar-refractivity contribution in [2.24, 2.45) is 0 Å². The summed E-state index contributed by atoms with van der Waals surface area (Å²) in [6.07, 6.45) is 7.00. The third-order valence-corrected chi connectivity index (χ3v) is 10.1. The summed E-state index contributed by atoms with van der Waals surface area (Å²) in [7, 11) is 4.22. The number of allylic oxidation sites excluding steroid dienone is 3. The van der Waals surface area contributed by atoms with Crippen molar-refractivity contribution in [2.75, 3.05) is 0 Å². The lowest BCUT2D eigenvalue weighted by molar-refractivity contribution is 1.53. The van der Waals surface area contributed by atoms with Crippen LogP contribution in [0.15, 0.2) is 83.3 Å². The molecule has 2 aliphatic heterocycles. The molecule has 0 nitrogen and oxygen atoms in total. The first kappa shape index (κ1) is 15.1. The SMILES string of the molecule is C/C(=C\c1ccccc1)C1=CC2=S(S1)SC(c1ccccc1)=C2. The molecule has 0 saturated carbocycles. The predicted molar refractivity (Wildman–Crippen MR) is 110 cm³/mol. The Morgan fingerprint density at radius 3 is 2.26 bits per heavy atom. The van der Waals surface area contributed by atoms with E-state index in [9.17, 15) is 0 Å². The fourth-order valence-electron chi connectivity index (χ4n) is 2.50. The van der Waals surface area contributed by atoms with Gasteiger partial charge >= 0.3 is 0 Å². The first-order chi connectivity index (χ1) is 11.3. The van der Waals surface area contributed by atoms with Gasteiger partial charge in [0.2, 0.25) is 0 Å². The Kier molecular flexibility index (Phi) is 4.34. The van der Waals surface area contributed by atoms with Crippen molar-refractivity contribution in [3.8, 4) is 0 Å². The first-order valence-electron chi connectivity index (χ1n) is 7.50. The number of hydrogen-bond donors (Lipinski definition) is 0. The molecule has 0 saturated heterocycles. The van der Waals surface area contributed by atoms with Crippen LogP contribution >= 0.6 is 30.1 Å². The molecule has 23 heavy (non-hydrogen) atoms. The molecule has 0 radical (unpaired) electrons. The minimum atomic E-state index is 0.217. The van der Waals surface area contributed by atoms with Crippen LogP contribution in [0.25, 0.3) is 11.0 Å². The van der Waals surface area contributed by atoms with Gasteiger partial charge in [0, 0.05) is 14.7 Å². The molecule has 1 atom stereocenters. The van der Waals surface area contributed by atoms with Gasteiger partial charge in [0.05, 0.1) is 0 Å². The van der Waals surface area contributed by atoms with Crippen LogP contribution in [0.5, 0.6) is 0 Å². The fraction of sp³-hybridized carbons (Fsp3) is 0.0500. The maximum Gasteiger partial charge on any atom is 0.0270 e. The smallest absolute Gasteiger partial charge is 0.0270 e. The Morgan fingerprint density at radius 1 is 0.870 bits per heavy atom. The van der Waals surface area contributed by atoms with Crippen LogP contribution in [-0.4, -0.2) is 4.86 Å². The summed E-state index contributed by atoms with van der Waals surface area (Å²) in [5.41, 5.74) is 3.95. The Balaban J connectivity index is 1.55. The van der Waals surface area contributed by atoms with E-state index in [0.29, 0.717) is 0 Å². The largest absolute Gasteiger partial charge is 0.0622 e. The topological polar surface area (TPSA) is 0 Å². The average molecular weight is 353 g/mol. The van der Waals surface area contributed by atoms with E-state index in [0.717, 1.165) is 0 Å². The molecule has 0 N–H and O–H groups in total. The predicted octanol–water partition coefficient (Wildman–Crippen LogP) is 6.78. The van der Waals surface area contributed by atoms with E-state index in [1.807, 2.05) is 21.6 Å².